The molecule has 3 heteroatoms. The Hall–Kier alpha value is 0.429. The Bertz CT molecular complexity index is 207. The topological polar surface area (TPSA) is 12.9 Å². The van der Waals surface area contributed by atoms with Crippen LogP contribution in [0, 0.1) is 5.92 Å². The molecule has 0 aliphatic carbocycles. The maximum atomic E-state index is 4.30. The first-order chi connectivity index (χ1) is 4.68. The van der Waals surface area contributed by atoms with Crippen molar-refractivity contribution in [3.8, 4) is 0 Å². The third kappa shape index (κ3) is 2.58. The Labute approximate surface area is 79.0 Å². The van der Waals surface area contributed by atoms with Crippen molar-refractivity contribution in [2.45, 2.75) is 20.3 Å². The molecule has 0 spiro atoms. The van der Waals surface area contributed by atoms with Crippen LogP contribution >= 0.6 is 11.3 Å². The molecule has 1 aromatic rings. The summed E-state index contributed by atoms with van der Waals surface area (Å²) in [4.78, 5) is 4.30. The molecule has 10 heavy (non-hydrogen) atoms. The molecular formula is C7H10NSSn. The summed E-state index contributed by atoms with van der Waals surface area (Å²) < 4.78 is 1.41. The van der Waals surface area contributed by atoms with Gasteiger partial charge in [0.2, 0.25) is 0 Å². The van der Waals surface area contributed by atoms with E-state index in [1.165, 1.54) is 30.4 Å². The Kier molecular flexibility index (Phi) is 3.17. The van der Waals surface area contributed by atoms with Crippen molar-refractivity contribution in [1.29, 1.82) is 0 Å². The number of rotatable bonds is 2. The second kappa shape index (κ2) is 3.71. The van der Waals surface area contributed by atoms with Crippen LogP contribution in [0.15, 0.2) is 6.20 Å². The molecule has 0 saturated carbocycles. The number of thiazole rings is 1. The van der Waals surface area contributed by atoms with Gasteiger partial charge in [-0.05, 0) is 0 Å². The van der Waals surface area contributed by atoms with Crippen molar-refractivity contribution in [2.75, 3.05) is 0 Å². The summed E-state index contributed by atoms with van der Waals surface area (Å²) in [5.74, 6) is 0.737. The summed E-state index contributed by atoms with van der Waals surface area (Å²) in [5, 5.41) is 1.29. The van der Waals surface area contributed by atoms with E-state index in [1.54, 1.807) is 0 Å². The van der Waals surface area contributed by atoms with Gasteiger partial charge in [0.25, 0.3) is 0 Å². The minimum atomic E-state index is 0.737. The summed E-state index contributed by atoms with van der Waals surface area (Å²) in [7, 11) is 0. The van der Waals surface area contributed by atoms with E-state index in [0.29, 0.717) is 0 Å². The van der Waals surface area contributed by atoms with Crippen LogP contribution < -0.4 is 2.89 Å². The summed E-state index contributed by atoms with van der Waals surface area (Å²) in [6, 6.07) is 0. The quantitative estimate of drug-likeness (QED) is 0.725. The van der Waals surface area contributed by atoms with Crippen LogP contribution in [0.3, 0.4) is 0 Å². The maximum absolute atomic E-state index is 4.30. The number of hydrogen-bond donors (Lipinski definition) is 0. The Balaban J connectivity index is 2.58. The van der Waals surface area contributed by atoms with E-state index in [4.69, 9.17) is 0 Å². The van der Waals surface area contributed by atoms with Crippen LogP contribution in [-0.2, 0) is 6.42 Å². The average molecular weight is 259 g/mol. The molecule has 0 aliphatic rings. The molecule has 1 aromatic heterocycles. The fourth-order valence-corrected chi connectivity index (χ4v) is 2.83. The van der Waals surface area contributed by atoms with Crippen LogP contribution in [0.2, 0.25) is 0 Å². The van der Waals surface area contributed by atoms with Gasteiger partial charge < -0.3 is 0 Å². The summed E-state index contributed by atoms with van der Waals surface area (Å²) in [5.41, 5.74) is 0. The fourth-order valence-electron chi connectivity index (χ4n) is 0.754. The second-order valence-corrected chi connectivity index (χ2v) is 6.40. The van der Waals surface area contributed by atoms with E-state index in [0.717, 1.165) is 12.3 Å². The fraction of sp³-hybridized carbons (Fsp3) is 0.571. The molecule has 0 bridgehead atoms. The molecule has 53 valence electrons. The number of hydrogen-bond acceptors (Lipinski definition) is 2. The Morgan fingerprint density at radius 2 is 2.40 bits per heavy atom. The Morgan fingerprint density at radius 3 is 2.80 bits per heavy atom. The van der Waals surface area contributed by atoms with E-state index in [1.807, 2.05) is 17.5 Å². The minimum absolute atomic E-state index is 0.737. The van der Waals surface area contributed by atoms with Crippen LogP contribution in [0.4, 0.5) is 0 Å². The van der Waals surface area contributed by atoms with Crippen molar-refractivity contribution < 1.29 is 0 Å². The van der Waals surface area contributed by atoms with Crippen molar-refractivity contribution in [3.05, 3.63) is 11.2 Å². The molecule has 0 aliphatic heterocycles. The summed E-state index contributed by atoms with van der Waals surface area (Å²) in [6.45, 7) is 4.45. The van der Waals surface area contributed by atoms with Gasteiger partial charge in [0.15, 0.2) is 0 Å². The van der Waals surface area contributed by atoms with Gasteiger partial charge in [-0.15, -0.1) is 0 Å². The average Bonchev–Trinajstić information content (AvgIpc) is 2.13. The molecule has 0 aromatic carbocycles. The molecule has 0 N–H and O–H groups in total. The van der Waals surface area contributed by atoms with Gasteiger partial charge in [-0.2, -0.15) is 0 Å². The van der Waals surface area contributed by atoms with Gasteiger partial charge in [-0.25, -0.2) is 0 Å². The zero-order chi connectivity index (χ0) is 7.56. The van der Waals surface area contributed by atoms with Gasteiger partial charge in [0, 0.05) is 0 Å². The molecular weight excluding hydrogens is 249 g/mol. The van der Waals surface area contributed by atoms with Crippen molar-refractivity contribution in [3.63, 3.8) is 0 Å². The molecule has 3 radical (unpaired) electrons. The first-order valence-electron chi connectivity index (χ1n) is 3.35. The normalized spacial score (nSPS) is 10.8. The van der Waals surface area contributed by atoms with Gasteiger partial charge >= 0.3 is 79.1 Å². The van der Waals surface area contributed by atoms with E-state index in [2.05, 4.69) is 18.8 Å². The van der Waals surface area contributed by atoms with Crippen molar-refractivity contribution >= 4 is 36.8 Å². The third-order valence-corrected chi connectivity index (χ3v) is 3.21. The molecule has 0 amide bonds. The standard InChI is InChI=1S/C7H10NS.Sn/c1-6(2)5-7-8-3-4-9-7;/h3,6H,5H2,1-2H3;. The monoisotopic (exact) mass is 260 g/mol. The van der Waals surface area contributed by atoms with Crippen molar-refractivity contribution in [2.24, 2.45) is 5.92 Å². The zero-order valence-electron chi connectivity index (χ0n) is 6.22. The SMILES string of the molecule is CC(C)Cc1nc[c]([Sn])s1. The number of aromatic nitrogens is 1. The molecule has 1 rings (SSSR count). The summed E-state index contributed by atoms with van der Waals surface area (Å²) >= 11 is 3.33. The second-order valence-electron chi connectivity index (χ2n) is 2.72. The van der Waals surface area contributed by atoms with E-state index in [9.17, 15) is 0 Å². The van der Waals surface area contributed by atoms with Crippen LogP contribution in [0.5, 0.6) is 0 Å². The molecule has 0 unspecified atom stereocenters. The van der Waals surface area contributed by atoms with Gasteiger partial charge in [-0.3, -0.25) is 0 Å². The number of nitrogens with zero attached hydrogens (tertiary/aromatic N) is 1. The molecule has 0 atom stereocenters. The molecule has 1 nitrogen and oxygen atoms in total. The van der Waals surface area contributed by atoms with E-state index < -0.39 is 0 Å². The van der Waals surface area contributed by atoms with Crippen LogP contribution in [-0.4, -0.2) is 27.5 Å². The van der Waals surface area contributed by atoms with E-state index in [-0.39, 0.29) is 0 Å². The van der Waals surface area contributed by atoms with Crippen LogP contribution in [0.25, 0.3) is 0 Å². The Morgan fingerprint density at radius 1 is 1.70 bits per heavy atom. The van der Waals surface area contributed by atoms with Gasteiger partial charge in [-0.1, -0.05) is 0 Å². The molecule has 1 heterocycles. The first kappa shape index (κ1) is 8.52. The van der Waals surface area contributed by atoms with E-state index >= 15 is 0 Å². The van der Waals surface area contributed by atoms with Gasteiger partial charge in [0.1, 0.15) is 0 Å². The first-order valence-corrected chi connectivity index (χ1v) is 5.59. The predicted octanol–water partition coefficient (Wildman–Crippen LogP) is 1.14. The third-order valence-electron chi connectivity index (χ3n) is 1.14. The van der Waals surface area contributed by atoms with Crippen LogP contribution in [0.1, 0.15) is 18.9 Å². The van der Waals surface area contributed by atoms with Gasteiger partial charge in [0.05, 0.1) is 0 Å². The predicted molar refractivity (Wildman–Crippen MR) is 46.0 cm³/mol. The zero-order valence-corrected chi connectivity index (χ0v) is 9.89. The molecule has 0 fully saturated rings. The summed E-state index contributed by atoms with van der Waals surface area (Å²) in [6.07, 6.45) is 3.12. The molecule has 0 saturated heterocycles. The van der Waals surface area contributed by atoms with Crippen molar-refractivity contribution in [1.82, 2.24) is 4.98 Å².